The quantitative estimate of drug-likeness (QED) is 0.860. The van der Waals surface area contributed by atoms with E-state index in [0.717, 1.165) is 6.42 Å². The first kappa shape index (κ1) is 13.6. The molecule has 1 aliphatic carbocycles. The van der Waals surface area contributed by atoms with Gasteiger partial charge in [-0.25, -0.2) is 0 Å². The highest BCUT2D eigenvalue weighted by Gasteiger charge is 2.44. The van der Waals surface area contributed by atoms with E-state index < -0.39 is 6.10 Å². The maximum absolute atomic E-state index is 11.9. The zero-order valence-corrected chi connectivity index (χ0v) is 12.0. The smallest absolute Gasteiger partial charge is 0.223 e. The van der Waals surface area contributed by atoms with Gasteiger partial charge < -0.3 is 10.4 Å². The highest BCUT2D eigenvalue weighted by Crippen LogP contribution is 2.49. The Labute approximate surface area is 112 Å². The Hall–Kier alpha value is -0.870. The first-order valence-corrected chi connectivity index (χ1v) is 7.32. The topological polar surface area (TPSA) is 49.3 Å². The van der Waals surface area contributed by atoms with E-state index in [4.69, 9.17) is 0 Å². The molecule has 2 rings (SSSR count). The van der Waals surface area contributed by atoms with Crippen LogP contribution in [0.1, 0.15) is 35.9 Å². The van der Waals surface area contributed by atoms with Crippen LogP contribution in [0, 0.1) is 18.8 Å². The van der Waals surface area contributed by atoms with Crippen LogP contribution in [0.3, 0.4) is 0 Å². The van der Waals surface area contributed by atoms with Crippen molar-refractivity contribution in [2.24, 2.45) is 11.8 Å². The third kappa shape index (κ3) is 3.12. The lowest BCUT2D eigenvalue weighted by molar-refractivity contribution is -0.123. The fraction of sp³-hybridized carbons (Fsp3) is 0.643. The summed E-state index contributed by atoms with van der Waals surface area (Å²) in [4.78, 5) is 14.5. The number of hydrogen-bond acceptors (Lipinski definition) is 3. The van der Waals surface area contributed by atoms with Crippen LogP contribution in [0.15, 0.2) is 12.1 Å². The summed E-state index contributed by atoms with van der Waals surface area (Å²) in [6.07, 6.45) is 0.499. The Bertz CT molecular complexity index is 427. The van der Waals surface area contributed by atoms with Crippen LogP contribution in [0.4, 0.5) is 0 Å². The Morgan fingerprint density at radius 2 is 2.28 bits per heavy atom. The van der Waals surface area contributed by atoms with Crippen molar-refractivity contribution in [2.75, 3.05) is 6.54 Å². The molecule has 0 saturated heterocycles. The van der Waals surface area contributed by atoms with E-state index in [1.165, 1.54) is 9.75 Å². The first-order chi connectivity index (χ1) is 8.49. The molecule has 1 heterocycles. The maximum Gasteiger partial charge on any atom is 0.223 e. The van der Waals surface area contributed by atoms with E-state index >= 15 is 0 Å². The van der Waals surface area contributed by atoms with E-state index in [9.17, 15) is 9.90 Å². The Morgan fingerprint density at radius 1 is 1.56 bits per heavy atom. The zero-order chi connectivity index (χ0) is 13.3. The van der Waals surface area contributed by atoms with Gasteiger partial charge in [-0.05, 0) is 31.4 Å². The van der Waals surface area contributed by atoms with Gasteiger partial charge in [-0.2, -0.15) is 0 Å². The fourth-order valence-corrected chi connectivity index (χ4v) is 3.08. The third-order valence-electron chi connectivity index (χ3n) is 3.51. The highest BCUT2D eigenvalue weighted by molar-refractivity contribution is 7.12. The molecule has 3 atom stereocenters. The predicted molar refractivity (Wildman–Crippen MR) is 73.8 cm³/mol. The number of amides is 1. The van der Waals surface area contributed by atoms with Crippen molar-refractivity contribution in [3.8, 4) is 0 Å². The summed E-state index contributed by atoms with van der Waals surface area (Å²) in [6, 6.07) is 4.23. The molecule has 100 valence electrons. The number of rotatable bonds is 5. The molecular formula is C14H21NO2S. The molecule has 0 radical (unpaired) electrons. The lowest BCUT2D eigenvalue weighted by atomic mass is 10.1. The molecule has 0 bridgehead atoms. The van der Waals surface area contributed by atoms with Crippen molar-refractivity contribution >= 4 is 17.2 Å². The van der Waals surface area contributed by atoms with E-state index in [0.29, 0.717) is 12.5 Å². The van der Waals surface area contributed by atoms with Gasteiger partial charge in [0.1, 0.15) is 0 Å². The zero-order valence-electron chi connectivity index (χ0n) is 11.1. The fourth-order valence-electron chi connectivity index (χ4n) is 2.02. The molecule has 1 aromatic heterocycles. The van der Waals surface area contributed by atoms with Crippen molar-refractivity contribution in [1.82, 2.24) is 5.32 Å². The number of aryl methyl sites for hydroxylation is 1. The van der Waals surface area contributed by atoms with E-state index in [2.05, 4.69) is 24.4 Å². The highest BCUT2D eigenvalue weighted by atomic mass is 32.1. The minimum absolute atomic E-state index is 0.0887. The summed E-state index contributed by atoms with van der Waals surface area (Å²) in [5.41, 5.74) is 0. The van der Waals surface area contributed by atoms with E-state index in [-0.39, 0.29) is 17.7 Å². The number of carbonyl (C=O) groups is 1. The standard InChI is InChI=1S/C14H21NO2S/c1-8(2)12(16)7-15-14(17)11-6-10(11)13-5-4-9(3)18-13/h4-5,8,10-12,16H,6-7H2,1-3H3,(H,15,17). The molecule has 0 aliphatic heterocycles. The molecule has 1 aromatic rings. The normalized spacial score (nSPS) is 24.1. The van der Waals surface area contributed by atoms with E-state index in [1.54, 1.807) is 11.3 Å². The van der Waals surface area contributed by atoms with E-state index in [1.807, 2.05) is 13.8 Å². The van der Waals surface area contributed by atoms with Crippen LogP contribution in [-0.4, -0.2) is 23.7 Å². The number of aliphatic hydroxyl groups excluding tert-OH is 1. The molecule has 3 nitrogen and oxygen atoms in total. The average Bonchev–Trinajstić information content (AvgIpc) is 3.01. The molecule has 1 amide bonds. The van der Waals surface area contributed by atoms with Gasteiger partial charge in [0, 0.05) is 28.1 Å². The Balaban J connectivity index is 1.79. The van der Waals surface area contributed by atoms with Gasteiger partial charge in [-0.15, -0.1) is 11.3 Å². The van der Waals surface area contributed by atoms with Gasteiger partial charge in [0.2, 0.25) is 5.91 Å². The average molecular weight is 267 g/mol. The Morgan fingerprint density at radius 3 is 2.83 bits per heavy atom. The second-order valence-electron chi connectivity index (χ2n) is 5.45. The molecular weight excluding hydrogens is 246 g/mol. The van der Waals surface area contributed by atoms with Crippen molar-refractivity contribution in [3.05, 3.63) is 21.9 Å². The van der Waals surface area contributed by atoms with Crippen LogP contribution >= 0.6 is 11.3 Å². The summed E-state index contributed by atoms with van der Waals surface area (Å²) in [7, 11) is 0. The van der Waals surface area contributed by atoms with Crippen molar-refractivity contribution in [1.29, 1.82) is 0 Å². The first-order valence-electron chi connectivity index (χ1n) is 6.51. The number of thiophene rings is 1. The number of aliphatic hydroxyl groups is 1. The van der Waals surface area contributed by atoms with Crippen LogP contribution < -0.4 is 5.32 Å². The van der Waals surface area contributed by atoms with Crippen molar-refractivity contribution in [2.45, 2.75) is 39.2 Å². The Kier molecular flexibility index (Phi) is 4.07. The maximum atomic E-state index is 11.9. The van der Waals surface area contributed by atoms with Gasteiger partial charge in [-0.3, -0.25) is 4.79 Å². The SMILES string of the molecule is Cc1ccc(C2CC2C(=O)NCC(O)C(C)C)s1. The molecule has 1 aliphatic rings. The molecule has 4 heteroatoms. The summed E-state index contributed by atoms with van der Waals surface area (Å²) >= 11 is 1.78. The molecule has 1 saturated carbocycles. The van der Waals surface area contributed by atoms with Crippen LogP contribution in [-0.2, 0) is 4.79 Å². The van der Waals surface area contributed by atoms with Crippen LogP contribution in [0.5, 0.6) is 0 Å². The molecule has 3 unspecified atom stereocenters. The van der Waals surface area contributed by atoms with Crippen molar-refractivity contribution < 1.29 is 9.90 Å². The summed E-state index contributed by atoms with van der Waals surface area (Å²) in [6.45, 7) is 6.35. The minimum Gasteiger partial charge on any atom is -0.391 e. The van der Waals surface area contributed by atoms with Gasteiger partial charge >= 0.3 is 0 Å². The monoisotopic (exact) mass is 267 g/mol. The number of carbonyl (C=O) groups excluding carboxylic acids is 1. The minimum atomic E-state index is -0.449. The molecule has 18 heavy (non-hydrogen) atoms. The number of nitrogens with one attached hydrogen (secondary N) is 1. The molecule has 1 fully saturated rings. The molecule has 0 spiro atoms. The third-order valence-corrected chi connectivity index (χ3v) is 4.64. The number of hydrogen-bond donors (Lipinski definition) is 2. The predicted octanol–water partition coefficient (Wildman–Crippen LogP) is 2.29. The van der Waals surface area contributed by atoms with Crippen molar-refractivity contribution in [3.63, 3.8) is 0 Å². The summed E-state index contributed by atoms with van der Waals surface area (Å²) in [5, 5.41) is 12.5. The molecule has 2 N–H and O–H groups in total. The largest absolute Gasteiger partial charge is 0.391 e. The summed E-state index contributed by atoms with van der Waals surface area (Å²) in [5.74, 6) is 0.785. The van der Waals surface area contributed by atoms with Gasteiger partial charge in [0.25, 0.3) is 0 Å². The van der Waals surface area contributed by atoms with Crippen LogP contribution in [0.2, 0.25) is 0 Å². The van der Waals surface area contributed by atoms with Gasteiger partial charge in [-0.1, -0.05) is 13.8 Å². The second kappa shape index (κ2) is 5.41. The van der Waals surface area contributed by atoms with Gasteiger partial charge in [0.05, 0.1) is 6.10 Å². The lowest BCUT2D eigenvalue weighted by Crippen LogP contribution is -2.35. The van der Waals surface area contributed by atoms with Crippen LogP contribution in [0.25, 0.3) is 0 Å². The lowest BCUT2D eigenvalue weighted by Gasteiger charge is -2.14. The van der Waals surface area contributed by atoms with Gasteiger partial charge in [0.15, 0.2) is 0 Å². The second-order valence-corrected chi connectivity index (χ2v) is 6.77. The summed E-state index contributed by atoms with van der Waals surface area (Å²) < 4.78 is 0. The molecule has 0 aromatic carbocycles.